The van der Waals surface area contributed by atoms with E-state index in [9.17, 15) is 4.39 Å². The van der Waals surface area contributed by atoms with Gasteiger partial charge in [0.05, 0.1) is 0 Å². The molecule has 2 aromatic carbocycles. The van der Waals surface area contributed by atoms with Gasteiger partial charge in [-0.1, -0.05) is 40.2 Å². The number of nitrogens with two attached hydrogens (primary N) is 1. The van der Waals surface area contributed by atoms with Crippen LogP contribution in [-0.4, -0.2) is 0 Å². The van der Waals surface area contributed by atoms with Crippen LogP contribution < -0.4 is 5.73 Å². The maximum atomic E-state index is 13.2. The molecule has 1 atom stereocenters. The normalized spacial score (nSPS) is 12.8. The van der Waals surface area contributed by atoms with Crippen molar-refractivity contribution in [1.29, 1.82) is 0 Å². The molecule has 0 spiro atoms. The van der Waals surface area contributed by atoms with E-state index in [0.29, 0.717) is 0 Å². The molecule has 0 radical (unpaired) electrons. The van der Waals surface area contributed by atoms with Crippen molar-refractivity contribution in [2.24, 2.45) is 5.73 Å². The molecule has 3 rings (SSSR count). The second kappa shape index (κ2) is 5.64. The summed E-state index contributed by atoms with van der Waals surface area (Å²) in [6.45, 7) is 0. The third-order valence-electron chi connectivity index (χ3n) is 3.26. The van der Waals surface area contributed by atoms with Crippen LogP contribution in [0.1, 0.15) is 16.5 Å². The summed E-state index contributed by atoms with van der Waals surface area (Å²) in [5, 5.41) is 1.05. The molecule has 0 aliphatic carbocycles. The Bertz CT molecular complexity index is 753. The maximum absolute atomic E-state index is 13.2. The molecule has 102 valence electrons. The van der Waals surface area contributed by atoms with E-state index in [-0.39, 0.29) is 11.9 Å². The topological polar surface area (TPSA) is 26.0 Å². The van der Waals surface area contributed by atoms with Crippen molar-refractivity contribution < 1.29 is 4.39 Å². The van der Waals surface area contributed by atoms with Crippen LogP contribution in [0.3, 0.4) is 0 Å². The zero-order valence-corrected chi connectivity index (χ0v) is 13.0. The van der Waals surface area contributed by atoms with Crippen LogP contribution in [0.15, 0.2) is 53.0 Å². The van der Waals surface area contributed by atoms with Crippen LogP contribution in [-0.2, 0) is 6.42 Å². The van der Waals surface area contributed by atoms with E-state index >= 15 is 0 Å². The lowest BCUT2D eigenvalue weighted by Crippen LogP contribution is -2.11. The van der Waals surface area contributed by atoms with Crippen LogP contribution in [0.2, 0.25) is 0 Å². The lowest BCUT2D eigenvalue weighted by atomic mass is 10.1. The van der Waals surface area contributed by atoms with Gasteiger partial charge in [0, 0.05) is 20.1 Å². The van der Waals surface area contributed by atoms with Gasteiger partial charge >= 0.3 is 0 Å². The van der Waals surface area contributed by atoms with E-state index in [1.807, 2.05) is 18.2 Å². The molecule has 3 aromatic rings. The number of rotatable bonds is 3. The van der Waals surface area contributed by atoms with Gasteiger partial charge in [-0.15, -0.1) is 11.3 Å². The highest BCUT2D eigenvalue weighted by molar-refractivity contribution is 9.10. The third kappa shape index (κ3) is 2.77. The van der Waals surface area contributed by atoms with Crippen molar-refractivity contribution in [2.45, 2.75) is 12.5 Å². The van der Waals surface area contributed by atoms with Crippen molar-refractivity contribution in [1.82, 2.24) is 0 Å². The van der Waals surface area contributed by atoms with Crippen molar-refractivity contribution in [3.63, 3.8) is 0 Å². The van der Waals surface area contributed by atoms with Crippen LogP contribution in [0.5, 0.6) is 0 Å². The Hall–Kier alpha value is -1.23. The molecule has 4 heteroatoms. The zero-order chi connectivity index (χ0) is 14.1. The predicted octanol–water partition coefficient (Wildman–Crippen LogP) is 5.05. The molecule has 0 saturated heterocycles. The first-order valence-electron chi connectivity index (χ1n) is 6.31. The molecule has 1 aromatic heterocycles. The Balaban J connectivity index is 1.89. The Morgan fingerprint density at radius 2 is 1.95 bits per heavy atom. The quantitative estimate of drug-likeness (QED) is 0.703. The third-order valence-corrected chi connectivity index (χ3v) is 5.27. The smallest absolute Gasteiger partial charge is 0.124 e. The highest BCUT2D eigenvalue weighted by Gasteiger charge is 2.12. The Kier molecular flexibility index (Phi) is 3.87. The number of thiophene rings is 1. The zero-order valence-electron chi connectivity index (χ0n) is 10.6. The van der Waals surface area contributed by atoms with Crippen molar-refractivity contribution in [2.75, 3.05) is 0 Å². The number of fused-ring (bicyclic) bond motifs is 1. The average Bonchev–Trinajstić information content (AvgIpc) is 2.84. The van der Waals surface area contributed by atoms with E-state index in [0.717, 1.165) is 25.9 Å². The molecule has 0 saturated carbocycles. The SMILES string of the molecule is NC(Cc1ccccc1Br)c1cc2ccc(F)cc2s1. The molecule has 2 N–H and O–H groups in total. The Labute approximate surface area is 129 Å². The van der Waals surface area contributed by atoms with Gasteiger partial charge in [0.15, 0.2) is 0 Å². The molecule has 1 nitrogen and oxygen atoms in total. The number of hydrogen-bond acceptors (Lipinski definition) is 2. The van der Waals surface area contributed by atoms with Crippen LogP contribution in [0.4, 0.5) is 4.39 Å². The van der Waals surface area contributed by atoms with Crippen molar-refractivity contribution in [3.05, 3.63) is 69.3 Å². The average molecular weight is 350 g/mol. The molecule has 0 fully saturated rings. The monoisotopic (exact) mass is 349 g/mol. The second-order valence-electron chi connectivity index (χ2n) is 4.73. The van der Waals surface area contributed by atoms with Gasteiger partial charge in [-0.25, -0.2) is 4.39 Å². The first kappa shape index (κ1) is 13.7. The molecular formula is C16H13BrFNS. The standard InChI is InChI=1S/C16H13BrFNS/c17-13-4-2-1-3-10(13)7-14(19)16-8-11-5-6-12(18)9-15(11)20-16/h1-6,8-9,14H,7,19H2. The fourth-order valence-corrected chi connectivity index (χ4v) is 3.75. The first-order chi connectivity index (χ1) is 9.63. The summed E-state index contributed by atoms with van der Waals surface area (Å²) in [5.41, 5.74) is 7.48. The van der Waals surface area contributed by atoms with E-state index in [1.165, 1.54) is 11.6 Å². The second-order valence-corrected chi connectivity index (χ2v) is 6.70. The summed E-state index contributed by atoms with van der Waals surface area (Å²) in [6, 6.07) is 14.9. The van der Waals surface area contributed by atoms with Crippen molar-refractivity contribution >= 4 is 37.4 Å². The molecule has 0 aliphatic rings. The summed E-state index contributed by atoms with van der Waals surface area (Å²) in [6.07, 6.45) is 0.761. The highest BCUT2D eigenvalue weighted by Crippen LogP contribution is 2.32. The van der Waals surface area contributed by atoms with E-state index in [4.69, 9.17) is 5.73 Å². The summed E-state index contributed by atoms with van der Waals surface area (Å²) >= 11 is 5.10. The molecule has 20 heavy (non-hydrogen) atoms. The summed E-state index contributed by atoms with van der Waals surface area (Å²) < 4.78 is 15.2. The van der Waals surface area contributed by atoms with Crippen LogP contribution in [0.25, 0.3) is 10.1 Å². The Morgan fingerprint density at radius 3 is 2.75 bits per heavy atom. The van der Waals surface area contributed by atoms with Gasteiger partial charge in [-0.05, 0) is 41.6 Å². The van der Waals surface area contributed by atoms with Crippen LogP contribution >= 0.6 is 27.3 Å². The van der Waals surface area contributed by atoms with E-state index in [1.54, 1.807) is 23.5 Å². The number of benzene rings is 2. The molecule has 0 aliphatic heterocycles. The minimum absolute atomic E-state index is 0.0749. The van der Waals surface area contributed by atoms with Gasteiger partial charge in [-0.3, -0.25) is 0 Å². The lowest BCUT2D eigenvalue weighted by molar-refractivity contribution is 0.630. The summed E-state index contributed by atoms with van der Waals surface area (Å²) in [4.78, 5) is 1.08. The minimum atomic E-state index is -0.203. The fraction of sp³-hybridized carbons (Fsp3) is 0.125. The van der Waals surface area contributed by atoms with Crippen LogP contribution in [0, 0.1) is 5.82 Å². The lowest BCUT2D eigenvalue weighted by Gasteiger charge is -2.10. The minimum Gasteiger partial charge on any atom is -0.323 e. The van der Waals surface area contributed by atoms with Gasteiger partial charge in [0.25, 0.3) is 0 Å². The van der Waals surface area contributed by atoms with Gasteiger partial charge < -0.3 is 5.73 Å². The molecule has 1 unspecified atom stereocenters. The molecular weight excluding hydrogens is 337 g/mol. The largest absolute Gasteiger partial charge is 0.323 e. The first-order valence-corrected chi connectivity index (χ1v) is 7.92. The molecule has 1 heterocycles. The predicted molar refractivity (Wildman–Crippen MR) is 86.6 cm³/mol. The van der Waals surface area contributed by atoms with E-state index in [2.05, 4.69) is 28.1 Å². The van der Waals surface area contributed by atoms with Crippen molar-refractivity contribution in [3.8, 4) is 0 Å². The fourth-order valence-electron chi connectivity index (χ4n) is 2.21. The maximum Gasteiger partial charge on any atom is 0.124 e. The summed E-state index contributed by atoms with van der Waals surface area (Å²) in [7, 11) is 0. The van der Waals surface area contributed by atoms with E-state index < -0.39 is 0 Å². The summed E-state index contributed by atoms with van der Waals surface area (Å²) in [5.74, 6) is -0.203. The number of hydrogen-bond donors (Lipinski definition) is 1. The molecule has 0 amide bonds. The van der Waals surface area contributed by atoms with Gasteiger partial charge in [0.1, 0.15) is 5.82 Å². The highest BCUT2D eigenvalue weighted by atomic mass is 79.9. The Morgan fingerprint density at radius 1 is 1.15 bits per heavy atom. The van der Waals surface area contributed by atoms with Gasteiger partial charge in [-0.2, -0.15) is 0 Å². The van der Waals surface area contributed by atoms with Gasteiger partial charge in [0.2, 0.25) is 0 Å². The molecule has 0 bridgehead atoms. The number of halogens is 2.